The third-order valence-electron chi connectivity index (χ3n) is 3.81. The number of aliphatic hydroxyl groups excluding tert-OH is 1. The quantitative estimate of drug-likeness (QED) is 0.805. The van der Waals surface area contributed by atoms with Crippen LogP contribution in [0, 0.1) is 13.8 Å². The number of nitrogens with zero attached hydrogens (tertiary/aromatic N) is 2. The molecule has 23 heavy (non-hydrogen) atoms. The van der Waals surface area contributed by atoms with Gasteiger partial charge in [-0.2, -0.15) is 5.10 Å². The lowest BCUT2D eigenvalue weighted by Gasteiger charge is -2.11. The van der Waals surface area contributed by atoms with E-state index < -0.39 is 0 Å². The van der Waals surface area contributed by atoms with Crippen LogP contribution in [0.25, 0.3) is 11.8 Å². The SMILES string of the molecule is CCC(CO)NC(=O)/C=C/c1c(C)nn(-c2ccccc2)c1C. The van der Waals surface area contributed by atoms with Crippen molar-refractivity contribution in [1.82, 2.24) is 15.1 Å². The lowest BCUT2D eigenvalue weighted by Crippen LogP contribution is -2.35. The van der Waals surface area contributed by atoms with Crippen LogP contribution in [0.4, 0.5) is 0 Å². The summed E-state index contributed by atoms with van der Waals surface area (Å²) < 4.78 is 1.87. The monoisotopic (exact) mass is 313 g/mol. The summed E-state index contributed by atoms with van der Waals surface area (Å²) in [6, 6.07) is 9.68. The zero-order valence-electron chi connectivity index (χ0n) is 13.8. The summed E-state index contributed by atoms with van der Waals surface area (Å²) in [6.45, 7) is 5.77. The first-order valence-corrected chi connectivity index (χ1v) is 7.77. The van der Waals surface area contributed by atoms with E-state index in [1.54, 1.807) is 6.08 Å². The molecule has 1 aromatic carbocycles. The van der Waals surface area contributed by atoms with E-state index in [0.29, 0.717) is 6.42 Å². The van der Waals surface area contributed by atoms with Crippen LogP contribution in [0.2, 0.25) is 0 Å². The zero-order chi connectivity index (χ0) is 16.8. The number of aryl methyl sites for hydroxylation is 1. The number of aromatic nitrogens is 2. The molecule has 0 bridgehead atoms. The third kappa shape index (κ3) is 4.07. The molecule has 0 aliphatic rings. The summed E-state index contributed by atoms with van der Waals surface area (Å²) in [4.78, 5) is 11.9. The Morgan fingerprint density at radius 2 is 2.04 bits per heavy atom. The molecule has 2 aromatic rings. The second kappa shape index (κ2) is 7.74. The largest absolute Gasteiger partial charge is 0.394 e. The van der Waals surface area contributed by atoms with E-state index in [1.165, 1.54) is 6.08 Å². The topological polar surface area (TPSA) is 67.2 Å². The van der Waals surface area contributed by atoms with Gasteiger partial charge >= 0.3 is 0 Å². The summed E-state index contributed by atoms with van der Waals surface area (Å²) >= 11 is 0. The van der Waals surface area contributed by atoms with Gasteiger partial charge in [-0.25, -0.2) is 4.68 Å². The molecule has 1 amide bonds. The Labute approximate surface area is 136 Å². The van der Waals surface area contributed by atoms with Gasteiger partial charge in [0.2, 0.25) is 5.91 Å². The first-order chi connectivity index (χ1) is 11.1. The van der Waals surface area contributed by atoms with Crippen molar-refractivity contribution in [3.8, 4) is 5.69 Å². The summed E-state index contributed by atoms with van der Waals surface area (Å²) in [5.41, 5.74) is 3.76. The van der Waals surface area contributed by atoms with E-state index in [9.17, 15) is 4.79 Å². The lowest BCUT2D eigenvalue weighted by molar-refractivity contribution is -0.117. The smallest absolute Gasteiger partial charge is 0.244 e. The van der Waals surface area contributed by atoms with Crippen LogP contribution < -0.4 is 5.32 Å². The molecule has 2 N–H and O–H groups in total. The predicted octanol–water partition coefficient (Wildman–Crippen LogP) is 2.39. The number of carbonyl (C=O) groups is 1. The molecule has 122 valence electrons. The van der Waals surface area contributed by atoms with Crippen molar-refractivity contribution in [3.05, 3.63) is 53.4 Å². The number of hydrogen-bond acceptors (Lipinski definition) is 3. The van der Waals surface area contributed by atoms with Gasteiger partial charge in [0.05, 0.1) is 24.0 Å². The highest BCUT2D eigenvalue weighted by atomic mass is 16.3. The molecule has 0 fully saturated rings. The van der Waals surface area contributed by atoms with Crippen molar-refractivity contribution in [1.29, 1.82) is 0 Å². The zero-order valence-corrected chi connectivity index (χ0v) is 13.8. The molecule has 0 radical (unpaired) electrons. The number of hydrogen-bond donors (Lipinski definition) is 2. The standard InChI is InChI=1S/C18H23N3O2/c1-4-15(12-22)19-18(23)11-10-17-13(2)20-21(14(17)3)16-8-6-5-7-9-16/h5-11,15,22H,4,12H2,1-3H3,(H,19,23)/b11-10+. The first-order valence-electron chi connectivity index (χ1n) is 7.77. The molecule has 1 heterocycles. The molecular weight excluding hydrogens is 290 g/mol. The Bertz CT molecular complexity index is 686. The molecule has 2 rings (SSSR count). The molecule has 0 aliphatic heterocycles. The van der Waals surface area contributed by atoms with Crippen LogP contribution >= 0.6 is 0 Å². The minimum Gasteiger partial charge on any atom is -0.394 e. The second-order valence-electron chi connectivity index (χ2n) is 5.46. The summed E-state index contributed by atoms with van der Waals surface area (Å²) in [5, 5.41) is 16.4. The van der Waals surface area contributed by atoms with Gasteiger partial charge < -0.3 is 10.4 Å². The van der Waals surface area contributed by atoms with E-state index in [0.717, 1.165) is 22.6 Å². The van der Waals surface area contributed by atoms with Crippen LogP contribution in [-0.4, -0.2) is 33.4 Å². The van der Waals surface area contributed by atoms with Crippen molar-refractivity contribution in [2.24, 2.45) is 0 Å². The summed E-state index contributed by atoms with van der Waals surface area (Å²) in [5.74, 6) is -0.211. The fourth-order valence-corrected chi connectivity index (χ4v) is 2.40. The Morgan fingerprint density at radius 3 is 2.65 bits per heavy atom. The van der Waals surface area contributed by atoms with E-state index in [2.05, 4.69) is 10.4 Å². The highest BCUT2D eigenvalue weighted by molar-refractivity contribution is 5.92. The maximum Gasteiger partial charge on any atom is 0.244 e. The van der Waals surface area contributed by atoms with Gasteiger partial charge in [0, 0.05) is 17.3 Å². The Hall–Kier alpha value is -2.40. The van der Waals surface area contributed by atoms with Crippen LogP contribution in [-0.2, 0) is 4.79 Å². The van der Waals surface area contributed by atoms with Gasteiger partial charge in [-0.1, -0.05) is 25.1 Å². The minimum absolute atomic E-state index is 0.0555. The Balaban J connectivity index is 2.19. The normalized spacial score (nSPS) is 12.5. The average Bonchev–Trinajstić information content (AvgIpc) is 2.86. The van der Waals surface area contributed by atoms with Gasteiger partial charge in [0.25, 0.3) is 0 Å². The maximum atomic E-state index is 11.9. The van der Waals surface area contributed by atoms with Crippen LogP contribution in [0.5, 0.6) is 0 Å². The summed E-state index contributed by atoms with van der Waals surface area (Å²) in [7, 11) is 0. The van der Waals surface area contributed by atoms with Gasteiger partial charge in [-0.05, 0) is 38.5 Å². The first kappa shape index (κ1) is 17.0. The van der Waals surface area contributed by atoms with Gasteiger partial charge in [-0.3, -0.25) is 4.79 Å². The van der Waals surface area contributed by atoms with Crippen molar-refractivity contribution in [2.45, 2.75) is 33.2 Å². The number of benzene rings is 1. The number of aliphatic hydroxyl groups is 1. The summed E-state index contributed by atoms with van der Waals surface area (Å²) in [6.07, 6.45) is 3.96. The maximum absolute atomic E-state index is 11.9. The minimum atomic E-state index is -0.211. The second-order valence-corrected chi connectivity index (χ2v) is 5.46. The average molecular weight is 313 g/mol. The van der Waals surface area contributed by atoms with Gasteiger partial charge in [-0.15, -0.1) is 0 Å². The third-order valence-corrected chi connectivity index (χ3v) is 3.81. The van der Waals surface area contributed by atoms with Crippen molar-refractivity contribution >= 4 is 12.0 Å². The Morgan fingerprint density at radius 1 is 1.35 bits per heavy atom. The fraction of sp³-hybridized carbons (Fsp3) is 0.333. The molecule has 1 unspecified atom stereocenters. The molecule has 0 saturated heterocycles. The van der Waals surface area contributed by atoms with Crippen molar-refractivity contribution in [2.75, 3.05) is 6.61 Å². The molecule has 5 heteroatoms. The van der Waals surface area contributed by atoms with E-state index >= 15 is 0 Å². The Kier molecular flexibility index (Phi) is 5.71. The number of rotatable bonds is 6. The van der Waals surface area contributed by atoms with Crippen LogP contribution in [0.1, 0.15) is 30.3 Å². The molecule has 0 spiro atoms. The molecular formula is C18H23N3O2. The molecule has 1 atom stereocenters. The van der Waals surface area contributed by atoms with Crippen LogP contribution in [0.3, 0.4) is 0 Å². The molecule has 0 saturated carbocycles. The molecule has 1 aromatic heterocycles. The van der Waals surface area contributed by atoms with E-state index in [1.807, 2.05) is 55.8 Å². The van der Waals surface area contributed by atoms with Crippen LogP contribution in [0.15, 0.2) is 36.4 Å². The number of para-hydroxylation sites is 1. The van der Waals surface area contributed by atoms with Crippen molar-refractivity contribution in [3.63, 3.8) is 0 Å². The highest BCUT2D eigenvalue weighted by Gasteiger charge is 2.11. The van der Waals surface area contributed by atoms with Gasteiger partial charge in [0.15, 0.2) is 0 Å². The highest BCUT2D eigenvalue weighted by Crippen LogP contribution is 2.19. The fourth-order valence-electron chi connectivity index (χ4n) is 2.40. The predicted molar refractivity (Wildman–Crippen MR) is 91.4 cm³/mol. The molecule has 5 nitrogen and oxygen atoms in total. The number of nitrogens with one attached hydrogen (secondary N) is 1. The van der Waals surface area contributed by atoms with Gasteiger partial charge in [0.1, 0.15) is 0 Å². The number of carbonyl (C=O) groups excluding carboxylic acids is 1. The van der Waals surface area contributed by atoms with E-state index in [-0.39, 0.29) is 18.6 Å². The number of amides is 1. The van der Waals surface area contributed by atoms with Crippen molar-refractivity contribution < 1.29 is 9.90 Å². The van der Waals surface area contributed by atoms with E-state index in [4.69, 9.17) is 5.11 Å². The lowest BCUT2D eigenvalue weighted by atomic mass is 10.1. The molecule has 0 aliphatic carbocycles.